The van der Waals surface area contributed by atoms with Crippen molar-refractivity contribution in [3.63, 3.8) is 0 Å². The third kappa shape index (κ3) is 3.14. The largest absolute Gasteiger partial charge is 0.477 e. The van der Waals surface area contributed by atoms with E-state index in [4.69, 9.17) is 9.52 Å². The second-order valence-corrected chi connectivity index (χ2v) is 5.33. The number of nitrogens with zero attached hydrogens (tertiary/aromatic N) is 4. The standard InChI is InChI=1S/C15H16N4O5/c20-13(10-19-11(15(22)23)3-4-16-19)17-5-7-18(8-6-17)14(21)12-2-1-9-24-12/h1-4,9H,5-8,10H2,(H,22,23). The van der Waals surface area contributed by atoms with Crippen molar-refractivity contribution in [3.05, 3.63) is 42.1 Å². The summed E-state index contributed by atoms with van der Waals surface area (Å²) in [6.07, 6.45) is 2.79. The van der Waals surface area contributed by atoms with Crippen LogP contribution < -0.4 is 0 Å². The van der Waals surface area contributed by atoms with Crippen molar-refractivity contribution in [2.24, 2.45) is 0 Å². The fourth-order valence-corrected chi connectivity index (χ4v) is 2.58. The fraction of sp³-hybridized carbons (Fsp3) is 0.333. The summed E-state index contributed by atoms with van der Waals surface area (Å²) in [6, 6.07) is 4.59. The van der Waals surface area contributed by atoms with Gasteiger partial charge in [-0.25, -0.2) is 9.48 Å². The number of amides is 2. The Morgan fingerprint density at radius 2 is 1.83 bits per heavy atom. The first-order valence-corrected chi connectivity index (χ1v) is 7.42. The Bertz CT molecular complexity index is 744. The first-order valence-electron chi connectivity index (χ1n) is 7.42. The van der Waals surface area contributed by atoms with Crippen molar-refractivity contribution in [1.82, 2.24) is 19.6 Å². The van der Waals surface area contributed by atoms with Crippen LogP contribution >= 0.6 is 0 Å². The summed E-state index contributed by atoms with van der Waals surface area (Å²) in [5.41, 5.74) is -0.0324. The molecule has 0 aromatic carbocycles. The van der Waals surface area contributed by atoms with Gasteiger partial charge in [-0.2, -0.15) is 5.10 Å². The molecule has 0 aliphatic carbocycles. The van der Waals surface area contributed by atoms with Crippen LogP contribution in [-0.2, 0) is 11.3 Å². The van der Waals surface area contributed by atoms with Crippen molar-refractivity contribution in [1.29, 1.82) is 0 Å². The molecule has 0 spiro atoms. The summed E-state index contributed by atoms with van der Waals surface area (Å²) < 4.78 is 6.25. The molecule has 126 valence electrons. The number of hydrogen-bond acceptors (Lipinski definition) is 5. The predicted molar refractivity (Wildman–Crippen MR) is 80.4 cm³/mol. The topological polar surface area (TPSA) is 109 Å². The lowest BCUT2D eigenvalue weighted by Gasteiger charge is -2.34. The molecule has 2 amide bonds. The average molecular weight is 332 g/mol. The molecule has 1 fully saturated rings. The minimum absolute atomic E-state index is 0.0324. The molecular weight excluding hydrogens is 316 g/mol. The number of carbonyl (C=O) groups is 3. The first-order chi connectivity index (χ1) is 11.6. The van der Waals surface area contributed by atoms with Crippen LogP contribution in [0.25, 0.3) is 0 Å². The number of carbonyl (C=O) groups excluding carboxylic acids is 2. The molecule has 2 aromatic heterocycles. The van der Waals surface area contributed by atoms with Crippen molar-refractivity contribution >= 4 is 17.8 Å². The van der Waals surface area contributed by atoms with E-state index in [9.17, 15) is 14.4 Å². The first kappa shape index (κ1) is 15.8. The molecule has 2 aromatic rings. The van der Waals surface area contributed by atoms with E-state index in [-0.39, 0.29) is 29.8 Å². The molecule has 1 N–H and O–H groups in total. The molecule has 3 rings (SSSR count). The fourth-order valence-electron chi connectivity index (χ4n) is 2.58. The maximum Gasteiger partial charge on any atom is 0.354 e. The number of aromatic carboxylic acids is 1. The summed E-state index contributed by atoms with van der Waals surface area (Å²) in [5.74, 6) is -1.29. The van der Waals surface area contributed by atoms with Gasteiger partial charge in [-0.15, -0.1) is 0 Å². The van der Waals surface area contributed by atoms with Gasteiger partial charge in [0.1, 0.15) is 12.2 Å². The Hall–Kier alpha value is -3.10. The molecule has 0 saturated carbocycles. The zero-order chi connectivity index (χ0) is 17.1. The van der Waals surface area contributed by atoms with E-state index in [1.165, 1.54) is 18.5 Å². The number of rotatable bonds is 4. The van der Waals surface area contributed by atoms with Crippen LogP contribution in [0.4, 0.5) is 0 Å². The molecular formula is C15H16N4O5. The van der Waals surface area contributed by atoms with Gasteiger partial charge in [-0.05, 0) is 18.2 Å². The SMILES string of the molecule is O=C(O)c1ccnn1CC(=O)N1CCN(C(=O)c2ccco2)CC1. The van der Waals surface area contributed by atoms with Crippen molar-refractivity contribution in [3.8, 4) is 0 Å². The molecule has 0 bridgehead atoms. The predicted octanol–water partition coefficient (Wildman–Crippen LogP) is 0.159. The summed E-state index contributed by atoms with van der Waals surface area (Å²) in [7, 11) is 0. The quantitative estimate of drug-likeness (QED) is 0.854. The maximum absolute atomic E-state index is 12.3. The highest BCUT2D eigenvalue weighted by Crippen LogP contribution is 2.10. The molecule has 9 nitrogen and oxygen atoms in total. The molecule has 0 unspecified atom stereocenters. The van der Waals surface area contributed by atoms with Gasteiger partial charge in [-0.1, -0.05) is 0 Å². The van der Waals surface area contributed by atoms with E-state index >= 15 is 0 Å². The molecule has 3 heterocycles. The van der Waals surface area contributed by atoms with E-state index in [1.807, 2.05) is 0 Å². The second kappa shape index (κ2) is 6.57. The normalized spacial score (nSPS) is 14.7. The van der Waals surface area contributed by atoms with Gasteiger partial charge < -0.3 is 19.3 Å². The molecule has 1 aliphatic heterocycles. The summed E-state index contributed by atoms with van der Waals surface area (Å²) >= 11 is 0. The van der Waals surface area contributed by atoms with E-state index in [0.29, 0.717) is 26.2 Å². The van der Waals surface area contributed by atoms with Crippen molar-refractivity contribution in [2.45, 2.75) is 6.54 Å². The third-order valence-electron chi connectivity index (χ3n) is 3.87. The van der Waals surface area contributed by atoms with E-state index in [1.54, 1.807) is 21.9 Å². The van der Waals surface area contributed by atoms with Crippen LogP contribution in [-0.4, -0.2) is 68.6 Å². The van der Waals surface area contributed by atoms with E-state index < -0.39 is 5.97 Å². The van der Waals surface area contributed by atoms with Gasteiger partial charge in [0.05, 0.1) is 6.26 Å². The lowest BCUT2D eigenvalue weighted by atomic mass is 10.2. The molecule has 1 aliphatic rings. The van der Waals surface area contributed by atoms with Crippen LogP contribution in [0.5, 0.6) is 0 Å². The van der Waals surface area contributed by atoms with Gasteiger partial charge in [0, 0.05) is 32.4 Å². The Morgan fingerprint density at radius 1 is 1.12 bits per heavy atom. The Balaban J connectivity index is 1.56. The van der Waals surface area contributed by atoms with Crippen LogP contribution in [0.3, 0.4) is 0 Å². The summed E-state index contributed by atoms with van der Waals surface area (Å²) in [4.78, 5) is 38.7. The van der Waals surface area contributed by atoms with Gasteiger partial charge >= 0.3 is 5.97 Å². The average Bonchev–Trinajstić information content (AvgIpc) is 3.26. The minimum atomic E-state index is -1.13. The Morgan fingerprint density at radius 3 is 2.46 bits per heavy atom. The lowest BCUT2D eigenvalue weighted by molar-refractivity contribution is -0.133. The van der Waals surface area contributed by atoms with Gasteiger partial charge in [0.15, 0.2) is 5.76 Å². The number of hydrogen-bond donors (Lipinski definition) is 1. The zero-order valence-electron chi connectivity index (χ0n) is 12.8. The molecule has 9 heteroatoms. The van der Waals surface area contributed by atoms with Gasteiger partial charge in [0.25, 0.3) is 5.91 Å². The molecule has 24 heavy (non-hydrogen) atoms. The third-order valence-corrected chi connectivity index (χ3v) is 3.87. The zero-order valence-corrected chi connectivity index (χ0v) is 12.8. The van der Waals surface area contributed by atoms with E-state index in [0.717, 1.165) is 4.68 Å². The smallest absolute Gasteiger partial charge is 0.354 e. The molecule has 1 saturated heterocycles. The second-order valence-electron chi connectivity index (χ2n) is 5.33. The highest BCUT2D eigenvalue weighted by atomic mass is 16.4. The van der Waals surface area contributed by atoms with Crippen LogP contribution in [0.1, 0.15) is 21.0 Å². The Labute approximate surface area is 137 Å². The van der Waals surface area contributed by atoms with Gasteiger partial charge in [0.2, 0.25) is 5.91 Å². The highest BCUT2D eigenvalue weighted by molar-refractivity contribution is 5.91. The number of carboxylic acids is 1. The highest BCUT2D eigenvalue weighted by Gasteiger charge is 2.26. The van der Waals surface area contributed by atoms with Crippen LogP contribution in [0, 0.1) is 0 Å². The minimum Gasteiger partial charge on any atom is -0.477 e. The number of furan rings is 1. The number of aromatic nitrogens is 2. The number of carboxylic acid groups (broad SMARTS) is 1. The van der Waals surface area contributed by atoms with Crippen LogP contribution in [0.15, 0.2) is 35.1 Å². The summed E-state index contributed by atoms with van der Waals surface area (Å²) in [6.45, 7) is 1.43. The Kier molecular flexibility index (Phi) is 4.32. The van der Waals surface area contributed by atoms with E-state index in [2.05, 4.69) is 5.10 Å². The monoisotopic (exact) mass is 332 g/mol. The maximum atomic E-state index is 12.3. The summed E-state index contributed by atoms with van der Waals surface area (Å²) in [5, 5.41) is 12.9. The lowest BCUT2D eigenvalue weighted by Crippen LogP contribution is -2.51. The molecule has 0 radical (unpaired) electrons. The molecule has 0 atom stereocenters. The van der Waals surface area contributed by atoms with Crippen LogP contribution in [0.2, 0.25) is 0 Å². The van der Waals surface area contributed by atoms with Crippen molar-refractivity contribution < 1.29 is 23.9 Å². The van der Waals surface area contributed by atoms with Gasteiger partial charge in [-0.3, -0.25) is 9.59 Å². The van der Waals surface area contributed by atoms with Crippen molar-refractivity contribution in [2.75, 3.05) is 26.2 Å². The number of piperazine rings is 1.